The number of hydrogen-bond acceptors (Lipinski definition) is 4. The molecule has 0 unspecified atom stereocenters. The largest absolute Gasteiger partial charge is 0.444 e. The van der Waals surface area contributed by atoms with Gasteiger partial charge in [0.25, 0.3) is 0 Å². The van der Waals surface area contributed by atoms with Crippen LogP contribution in [0.1, 0.15) is 39.2 Å². The van der Waals surface area contributed by atoms with Crippen LogP contribution in [0.5, 0.6) is 0 Å². The molecule has 0 radical (unpaired) electrons. The highest BCUT2D eigenvalue weighted by Crippen LogP contribution is 2.25. The molecule has 1 fully saturated rings. The van der Waals surface area contributed by atoms with Crippen molar-refractivity contribution >= 4 is 30.0 Å². The minimum atomic E-state index is -0.581. The zero-order chi connectivity index (χ0) is 20.9. The molecule has 1 saturated carbocycles. The van der Waals surface area contributed by atoms with Crippen molar-refractivity contribution in [1.29, 1.82) is 0 Å². The Morgan fingerprint density at radius 3 is 2.64 bits per heavy atom. The van der Waals surface area contributed by atoms with Crippen molar-refractivity contribution in [2.45, 2.75) is 57.8 Å². The van der Waals surface area contributed by atoms with Gasteiger partial charge in [-0.3, -0.25) is 9.59 Å². The third kappa shape index (κ3) is 6.37. The molecular weight excluding hydrogens is 389 g/mol. The molecule has 7 nitrogen and oxygen atoms in total. The lowest BCUT2D eigenvalue weighted by Crippen LogP contribution is -2.55. The Bertz CT molecular complexity index is 732. The zero-order valence-corrected chi connectivity index (χ0v) is 16.9. The molecule has 9 heteroatoms. The van der Waals surface area contributed by atoms with Gasteiger partial charge in [0.15, 0.2) is 0 Å². The van der Waals surface area contributed by atoms with Gasteiger partial charge in [0.05, 0.1) is 11.6 Å². The van der Waals surface area contributed by atoms with Crippen LogP contribution in [0.2, 0.25) is 5.02 Å². The average Bonchev–Trinajstić information content (AvgIpc) is 2.55. The Morgan fingerprint density at radius 2 is 2.04 bits per heavy atom. The van der Waals surface area contributed by atoms with Gasteiger partial charge in [-0.05, 0) is 39.7 Å². The summed E-state index contributed by atoms with van der Waals surface area (Å²) in [6.07, 6.45) is 1.17. The van der Waals surface area contributed by atoms with Crippen LogP contribution in [0.3, 0.4) is 0 Å². The fraction of sp³-hybridized carbons (Fsp3) is 0.526. The van der Waals surface area contributed by atoms with Gasteiger partial charge < -0.3 is 20.3 Å². The van der Waals surface area contributed by atoms with E-state index < -0.39 is 23.4 Å². The number of hydrogen-bond donors (Lipinski definition) is 2. The summed E-state index contributed by atoms with van der Waals surface area (Å²) in [4.78, 5) is 36.5. The van der Waals surface area contributed by atoms with Crippen molar-refractivity contribution < 1.29 is 23.5 Å². The van der Waals surface area contributed by atoms with Crippen LogP contribution in [0.15, 0.2) is 18.2 Å². The van der Waals surface area contributed by atoms with E-state index in [0.29, 0.717) is 19.3 Å². The minimum Gasteiger partial charge on any atom is -0.444 e. The van der Waals surface area contributed by atoms with E-state index in [1.807, 2.05) is 0 Å². The maximum Gasteiger partial charge on any atom is 0.407 e. The standard InChI is InChI=1S/C19H25ClFN3O4/c1-19(2,3)28-18(27)23-13-7-14(8-13)24(11-25)10-16(26)22-9-12-5-4-6-15(20)17(12)21/h4-6,11,13-14H,7-10H2,1-3H3,(H,22,26)(H,23,27)/t13-,14+. The molecule has 2 N–H and O–H groups in total. The minimum absolute atomic E-state index is 0.0146. The topological polar surface area (TPSA) is 87.7 Å². The molecule has 0 atom stereocenters. The van der Waals surface area contributed by atoms with Gasteiger partial charge in [-0.25, -0.2) is 9.18 Å². The van der Waals surface area contributed by atoms with Crippen molar-refractivity contribution in [1.82, 2.24) is 15.5 Å². The smallest absolute Gasteiger partial charge is 0.407 e. The molecule has 154 valence electrons. The van der Waals surface area contributed by atoms with Crippen molar-refractivity contribution in [3.63, 3.8) is 0 Å². The molecule has 2 rings (SSSR count). The van der Waals surface area contributed by atoms with E-state index in [1.54, 1.807) is 26.8 Å². The number of halogens is 2. The van der Waals surface area contributed by atoms with Crippen molar-refractivity contribution in [3.8, 4) is 0 Å². The summed E-state index contributed by atoms with van der Waals surface area (Å²) in [7, 11) is 0. The first kappa shape index (κ1) is 21.9. The number of nitrogens with one attached hydrogen (secondary N) is 2. The van der Waals surface area contributed by atoms with Crippen molar-refractivity contribution in [2.24, 2.45) is 0 Å². The summed E-state index contributed by atoms with van der Waals surface area (Å²) in [6, 6.07) is 4.29. The van der Waals surface area contributed by atoms with Crippen LogP contribution < -0.4 is 10.6 Å². The maximum absolute atomic E-state index is 13.8. The molecule has 1 aromatic carbocycles. The first-order valence-electron chi connectivity index (χ1n) is 8.99. The summed E-state index contributed by atoms with van der Waals surface area (Å²) in [5.74, 6) is -0.984. The predicted octanol–water partition coefficient (Wildman–Crippen LogP) is 2.61. The van der Waals surface area contributed by atoms with Crippen LogP contribution >= 0.6 is 11.6 Å². The number of rotatable bonds is 7. The SMILES string of the molecule is CC(C)(C)OC(=O)N[C@H]1C[C@@H](N(C=O)CC(=O)NCc2cccc(Cl)c2F)C1. The third-order valence-corrected chi connectivity index (χ3v) is 4.56. The molecular formula is C19H25ClFN3O4. The van der Waals surface area contributed by atoms with Gasteiger partial charge in [-0.15, -0.1) is 0 Å². The Morgan fingerprint density at radius 1 is 1.36 bits per heavy atom. The highest BCUT2D eigenvalue weighted by Gasteiger charge is 2.35. The number of ether oxygens (including phenoxy) is 1. The Balaban J connectivity index is 1.75. The van der Waals surface area contributed by atoms with Crippen LogP contribution in [0, 0.1) is 5.82 Å². The Hall–Kier alpha value is -2.35. The average molecular weight is 414 g/mol. The molecule has 0 aliphatic heterocycles. The van der Waals surface area contributed by atoms with Crippen LogP contribution in [-0.4, -0.2) is 47.5 Å². The van der Waals surface area contributed by atoms with Gasteiger partial charge in [-0.1, -0.05) is 23.7 Å². The quantitative estimate of drug-likeness (QED) is 0.672. The normalized spacial score (nSPS) is 18.6. The second-order valence-electron chi connectivity index (χ2n) is 7.74. The van der Waals surface area contributed by atoms with Crippen molar-refractivity contribution in [3.05, 3.63) is 34.6 Å². The maximum atomic E-state index is 13.8. The number of carbonyl (C=O) groups excluding carboxylic acids is 3. The van der Waals surface area contributed by atoms with Gasteiger partial charge in [0, 0.05) is 24.2 Å². The van der Waals surface area contributed by atoms with Gasteiger partial charge >= 0.3 is 6.09 Å². The molecule has 0 aromatic heterocycles. The van der Waals surface area contributed by atoms with Gasteiger partial charge in [-0.2, -0.15) is 0 Å². The Kier molecular flexibility index (Phi) is 7.23. The second kappa shape index (κ2) is 9.23. The molecule has 3 amide bonds. The molecule has 1 aliphatic carbocycles. The molecule has 0 heterocycles. The summed E-state index contributed by atoms with van der Waals surface area (Å²) < 4.78 is 19.0. The van der Waals surface area contributed by atoms with E-state index in [1.165, 1.54) is 17.0 Å². The second-order valence-corrected chi connectivity index (χ2v) is 8.14. The first-order valence-corrected chi connectivity index (χ1v) is 9.37. The molecule has 0 spiro atoms. The van der Waals surface area contributed by atoms with Crippen LogP contribution in [0.25, 0.3) is 0 Å². The first-order chi connectivity index (χ1) is 13.1. The van der Waals surface area contributed by atoms with Gasteiger partial charge in [0.1, 0.15) is 11.4 Å². The fourth-order valence-corrected chi connectivity index (χ4v) is 3.00. The summed E-state index contributed by atoms with van der Waals surface area (Å²) >= 11 is 5.71. The number of alkyl carbamates (subject to hydrolysis) is 1. The van der Waals surface area contributed by atoms with Crippen LogP contribution in [0.4, 0.5) is 9.18 Å². The number of carbonyl (C=O) groups is 3. The van der Waals surface area contributed by atoms with E-state index in [4.69, 9.17) is 16.3 Å². The van der Waals surface area contributed by atoms with E-state index in [0.717, 1.165) is 0 Å². The lowest BCUT2D eigenvalue weighted by Gasteiger charge is -2.41. The Labute approximate surface area is 168 Å². The number of amides is 3. The molecule has 1 aromatic rings. The summed E-state index contributed by atoms with van der Waals surface area (Å²) in [5.41, 5.74) is -0.313. The van der Waals surface area contributed by atoms with E-state index in [9.17, 15) is 18.8 Å². The highest BCUT2D eigenvalue weighted by atomic mass is 35.5. The van der Waals surface area contributed by atoms with E-state index in [2.05, 4.69) is 10.6 Å². The van der Waals surface area contributed by atoms with E-state index >= 15 is 0 Å². The molecule has 1 aliphatic rings. The van der Waals surface area contributed by atoms with Crippen LogP contribution in [-0.2, 0) is 20.9 Å². The summed E-state index contributed by atoms with van der Waals surface area (Å²) in [5, 5.41) is 5.30. The van der Waals surface area contributed by atoms with E-state index in [-0.39, 0.29) is 35.8 Å². The monoisotopic (exact) mass is 413 g/mol. The predicted molar refractivity (Wildman–Crippen MR) is 102 cm³/mol. The lowest BCUT2D eigenvalue weighted by molar-refractivity contribution is -0.131. The number of benzene rings is 1. The zero-order valence-electron chi connectivity index (χ0n) is 16.1. The molecule has 28 heavy (non-hydrogen) atoms. The molecule has 0 saturated heterocycles. The summed E-state index contributed by atoms with van der Waals surface area (Å²) in [6.45, 7) is 5.16. The number of nitrogens with zero attached hydrogens (tertiary/aromatic N) is 1. The fourth-order valence-electron chi connectivity index (χ4n) is 2.80. The molecule has 0 bridgehead atoms. The van der Waals surface area contributed by atoms with Gasteiger partial charge in [0.2, 0.25) is 12.3 Å². The highest BCUT2D eigenvalue weighted by molar-refractivity contribution is 6.30. The van der Waals surface area contributed by atoms with Crippen molar-refractivity contribution in [2.75, 3.05) is 6.54 Å². The third-order valence-electron chi connectivity index (χ3n) is 4.27. The lowest BCUT2D eigenvalue weighted by atomic mass is 9.86.